The summed E-state index contributed by atoms with van der Waals surface area (Å²) in [7, 11) is 0. The van der Waals surface area contributed by atoms with E-state index in [0.29, 0.717) is 42.4 Å². The summed E-state index contributed by atoms with van der Waals surface area (Å²) in [6.07, 6.45) is 0.726. The summed E-state index contributed by atoms with van der Waals surface area (Å²) in [5.74, 6) is -1.34. The number of ether oxygens (including phenoxy) is 1. The summed E-state index contributed by atoms with van der Waals surface area (Å²) >= 11 is 0. The van der Waals surface area contributed by atoms with E-state index in [4.69, 9.17) is 9.26 Å². The standard InChI is InChI=1S/C20H26N4O4/c1-12(2)27-8-6-7-22-20(26)17(11-21)19(25)16-9-13(3)24(15(16)5)18-10-14(4)28-23-18/h9-10,12,17H,6-8H2,1-5H3,(H,22,26). The maximum Gasteiger partial charge on any atom is 0.245 e. The van der Waals surface area contributed by atoms with E-state index in [1.807, 2.05) is 26.8 Å². The minimum absolute atomic E-state index is 0.118. The number of aryl methyl sites for hydroxylation is 2. The Morgan fingerprint density at radius 3 is 2.61 bits per heavy atom. The molecule has 1 unspecified atom stereocenters. The highest BCUT2D eigenvalue weighted by atomic mass is 16.5. The van der Waals surface area contributed by atoms with Crippen molar-refractivity contribution >= 4 is 11.7 Å². The lowest BCUT2D eigenvalue weighted by molar-refractivity contribution is -0.122. The molecule has 1 atom stereocenters. The first-order valence-electron chi connectivity index (χ1n) is 9.22. The summed E-state index contributed by atoms with van der Waals surface area (Å²) in [5, 5.41) is 16.0. The van der Waals surface area contributed by atoms with Gasteiger partial charge in [-0.3, -0.25) is 14.2 Å². The molecule has 0 radical (unpaired) electrons. The topological polar surface area (TPSA) is 110 Å². The number of amides is 1. The number of hydrogen-bond donors (Lipinski definition) is 1. The molecule has 150 valence electrons. The molecule has 0 spiro atoms. The third kappa shape index (κ3) is 4.87. The molecule has 8 nitrogen and oxygen atoms in total. The minimum Gasteiger partial charge on any atom is -0.379 e. The van der Waals surface area contributed by atoms with Gasteiger partial charge in [0.1, 0.15) is 5.76 Å². The molecule has 0 bridgehead atoms. The van der Waals surface area contributed by atoms with Crippen molar-refractivity contribution in [2.45, 2.75) is 47.1 Å². The predicted octanol–water partition coefficient (Wildman–Crippen LogP) is 2.64. The Bertz CT molecular complexity index is 889. The number of carbonyl (C=O) groups is 2. The van der Waals surface area contributed by atoms with Gasteiger partial charge in [-0.05, 0) is 47.1 Å². The van der Waals surface area contributed by atoms with E-state index >= 15 is 0 Å². The van der Waals surface area contributed by atoms with Gasteiger partial charge in [0.2, 0.25) is 5.91 Å². The van der Waals surface area contributed by atoms with E-state index in [1.54, 1.807) is 30.5 Å². The number of aromatic nitrogens is 2. The van der Waals surface area contributed by atoms with Crippen LogP contribution in [0.2, 0.25) is 0 Å². The number of carbonyl (C=O) groups excluding carboxylic acids is 2. The largest absolute Gasteiger partial charge is 0.379 e. The Hall–Kier alpha value is -2.92. The first-order chi connectivity index (χ1) is 13.3. The highest BCUT2D eigenvalue weighted by Crippen LogP contribution is 2.23. The van der Waals surface area contributed by atoms with Crippen molar-refractivity contribution in [3.8, 4) is 11.9 Å². The third-order valence-electron chi connectivity index (χ3n) is 4.27. The van der Waals surface area contributed by atoms with Crippen molar-refractivity contribution in [1.82, 2.24) is 15.0 Å². The van der Waals surface area contributed by atoms with Crippen LogP contribution >= 0.6 is 0 Å². The van der Waals surface area contributed by atoms with Crippen LogP contribution in [0.25, 0.3) is 5.82 Å². The summed E-state index contributed by atoms with van der Waals surface area (Å²) in [4.78, 5) is 25.2. The normalized spacial score (nSPS) is 12.0. The second-order valence-electron chi connectivity index (χ2n) is 6.91. The van der Waals surface area contributed by atoms with Gasteiger partial charge in [0.15, 0.2) is 17.5 Å². The number of ketones is 1. The van der Waals surface area contributed by atoms with Crippen molar-refractivity contribution in [3.05, 3.63) is 34.8 Å². The molecule has 28 heavy (non-hydrogen) atoms. The van der Waals surface area contributed by atoms with E-state index in [0.717, 1.165) is 5.69 Å². The first-order valence-corrected chi connectivity index (χ1v) is 9.22. The van der Waals surface area contributed by atoms with Crippen molar-refractivity contribution in [1.29, 1.82) is 5.26 Å². The number of hydrogen-bond acceptors (Lipinski definition) is 6. The molecule has 2 aromatic heterocycles. The van der Waals surface area contributed by atoms with Gasteiger partial charge in [0, 0.05) is 36.2 Å². The zero-order valence-electron chi connectivity index (χ0n) is 16.9. The molecular formula is C20H26N4O4. The van der Waals surface area contributed by atoms with Gasteiger partial charge < -0.3 is 14.6 Å². The van der Waals surface area contributed by atoms with Crippen LogP contribution in [0.1, 0.15) is 47.8 Å². The van der Waals surface area contributed by atoms with Gasteiger partial charge in [0.05, 0.1) is 12.2 Å². The number of nitrogens with zero attached hydrogens (tertiary/aromatic N) is 3. The van der Waals surface area contributed by atoms with Gasteiger partial charge in [0.25, 0.3) is 0 Å². The predicted molar refractivity (Wildman–Crippen MR) is 102 cm³/mol. The Balaban J connectivity index is 2.11. The Labute approximate surface area is 164 Å². The van der Waals surface area contributed by atoms with Gasteiger partial charge in [-0.2, -0.15) is 5.26 Å². The molecule has 0 aliphatic rings. The summed E-state index contributed by atoms with van der Waals surface area (Å²) in [6, 6.07) is 5.24. The lowest BCUT2D eigenvalue weighted by Gasteiger charge is -2.11. The molecule has 1 amide bonds. The SMILES string of the molecule is Cc1cc(-n2c(C)cc(C(=O)C(C#N)C(=O)NCCCOC(C)C)c2C)no1. The maximum absolute atomic E-state index is 12.9. The first kappa shape index (κ1) is 21.4. The number of rotatable bonds is 9. The molecule has 2 aromatic rings. The van der Waals surface area contributed by atoms with Crippen LogP contribution in [0.4, 0.5) is 0 Å². The molecule has 0 fully saturated rings. The fourth-order valence-electron chi connectivity index (χ4n) is 2.92. The highest BCUT2D eigenvalue weighted by molar-refractivity contribution is 6.12. The molecule has 2 heterocycles. The highest BCUT2D eigenvalue weighted by Gasteiger charge is 2.30. The van der Waals surface area contributed by atoms with E-state index < -0.39 is 17.6 Å². The number of nitriles is 1. The smallest absolute Gasteiger partial charge is 0.245 e. The van der Waals surface area contributed by atoms with Crippen molar-refractivity contribution in [3.63, 3.8) is 0 Å². The van der Waals surface area contributed by atoms with Crippen LogP contribution < -0.4 is 5.32 Å². The lowest BCUT2D eigenvalue weighted by Crippen LogP contribution is -2.35. The minimum atomic E-state index is -1.40. The molecular weight excluding hydrogens is 360 g/mol. The zero-order chi connectivity index (χ0) is 20.8. The summed E-state index contributed by atoms with van der Waals surface area (Å²) in [5.41, 5.74) is 1.69. The van der Waals surface area contributed by atoms with Crippen LogP contribution in [-0.4, -0.2) is 40.7 Å². The van der Waals surface area contributed by atoms with Gasteiger partial charge in [-0.1, -0.05) is 5.16 Å². The molecule has 1 N–H and O–H groups in total. The molecule has 0 aliphatic carbocycles. The van der Waals surface area contributed by atoms with Crippen LogP contribution in [0.3, 0.4) is 0 Å². The Morgan fingerprint density at radius 1 is 1.32 bits per heavy atom. The fourth-order valence-corrected chi connectivity index (χ4v) is 2.92. The maximum atomic E-state index is 12.9. The van der Waals surface area contributed by atoms with E-state index in [1.165, 1.54) is 0 Å². The van der Waals surface area contributed by atoms with Gasteiger partial charge in [-0.15, -0.1) is 0 Å². The average molecular weight is 386 g/mol. The molecule has 2 rings (SSSR count). The summed E-state index contributed by atoms with van der Waals surface area (Å²) in [6.45, 7) is 10.1. The fraction of sp³-hybridized carbons (Fsp3) is 0.500. The van der Waals surface area contributed by atoms with E-state index in [9.17, 15) is 14.9 Å². The van der Waals surface area contributed by atoms with Crippen LogP contribution in [0.15, 0.2) is 16.7 Å². The average Bonchev–Trinajstić information content (AvgIpc) is 3.17. The second kappa shape index (κ2) is 9.33. The van der Waals surface area contributed by atoms with E-state index in [2.05, 4.69) is 10.5 Å². The lowest BCUT2D eigenvalue weighted by atomic mass is 9.98. The van der Waals surface area contributed by atoms with Crippen LogP contribution in [0, 0.1) is 38.0 Å². The van der Waals surface area contributed by atoms with E-state index in [-0.39, 0.29) is 6.10 Å². The molecule has 0 saturated carbocycles. The number of nitrogens with one attached hydrogen (secondary N) is 1. The Morgan fingerprint density at radius 2 is 2.04 bits per heavy atom. The molecule has 0 aliphatic heterocycles. The molecule has 8 heteroatoms. The van der Waals surface area contributed by atoms with Crippen LogP contribution in [-0.2, 0) is 9.53 Å². The second-order valence-corrected chi connectivity index (χ2v) is 6.91. The number of Topliss-reactive ketones (excluding diaryl/α,β-unsaturated/α-hetero) is 1. The molecule has 0 aromatic carbocycles. The Kier molecular flexibility index (Phi) is 7.12. The van der Waals surface area contributed by atoms with Gasteiger partial charge >= 0.3 is 0 Å². The van der Waals surface area contributed by atoms with Crippen molar-refractivity contribution in [2.75, 3.05) is 13.2 Å². The zero-order valence-corrected chi connectivity index (χ0v) is 16.9. The monoisotopic (exact) mass is 386 g/mol. The van der Waals surface area contributed by atoms with Crippen LogP contribution in [0.5, 0.6) is 0 Å². The summed E-state index contributed by atoms with van der Waals surface area (Å²) < 4.78 is 12.3. The third-order valence-corrected chi connectivity index (χ3v) is 4.27. The van der Waals surface area contributed by atoms with Crippen molar-refractivity contribution in [2.24, 2.45) is 5.92 Å². The van der Waals surface area contributed by atoms with Crippen molar-refractivity contribution < 1.29 is 18.8 Å². The quantitative estimate of drug-likeness (QED) is 0.403. The van der Waals surface area contributed by atoms with Gasteiger partial charge in [-0.25, -0.2) is 0 Å². The molecule has 0 saturated heterocycles.